The van der Waals surface area contributed by atoms with Gasteiger partial charge >= 0.3 is 0 Å². The van der Waals surface area contributed by atoms with Crippen molar-refractivity contribution in [2.24, 2.45) is 5.10 Å². The summed E-state index contributed by atoms with van der Waals surface area (Å²) in [5, 5.41) is 7.45. The zero-order valence-corrected chi connectivity index (χ0v) is 17.0. The first-order valence-corrected chi connectivity index (χ1v) is 10.9. The molecule has 1 unspecified atom stereocenters. The number of thiophene rings is 1. The lowest BCUT2D eigenvalue weighted by Gasteiger charge is -2.39. The molecule has 1 N–H and O–H groups in total. The Kier molecular flexibility index (Phi) is 5.29. The summed E-state index contributed by atoms with van der Waals surface area (Å²) in [4.78, 5) is 17.4. The number of amidine groups is 1. The molecule has 1 amide bonds. The van der Waals surface area contributed by atoms with E-state index in [0.717, 1.165) is 18.5 Å². The topological polar surface area (TPSA) is 47.9 Å². The van der Waals surface area contributed by atoms with Gasteiger partial charge in [-0.25, -0.2) is 4.39 Å². The Bertz CT molecular complexity index is 883. The second kappa shape index (κ2) is 7.69. The minimum absolute atomic E-state index is 0.0285. The molecule has 27 heavy (non-hydrogen) atoms. The van der Waals surface area contributed by atoms with Crippen LogP contribution in [-0.2, 0) is 5.75 Å². The average molecular weight is 425 g/mol. The highest BCUT2D eigenvalue weighted by molar-refractivity contribution is 8.13. The third-order valence-corrected chi connectivity index (χ3v) is 6.77. The van der Waals surface area contributed by atoms with Crippen LogP contribution in [-0.4, -0.2) is 28.8 Å². The number of hydrogen-bond donors (Lipinski definition) is 1. The number of benzene rings is 1. The van der Waals surface area contributed by atoms with Crippen LogP contribution in [0, 0.1) is 5.82 Å². The highest BCUT2D eigenvalue weighted by Crippen LogP contribution is 2.39. The molecule has 1 aromatic heterocycles. The van der Waals surface area contributed by atoms with Gasteiger partial charge in [-0.2, -0.15) is 5.10 Å². The average Bonchev–Trinajstić information content (AvgIpc) is 3.28. The SMILES string of the molecule is CCCCN1C(=O)c2sccc2N2C(SCc3c(F)cccc3Cl)=NNC12. The van der Waals surface area contributed by atoms with Crippen LogP contribution in [0.5, 0.6) is 0 Å². The Morgan fingerprint density at radius 3 is 3.04 bits per heavy atom. The Morgan fingerprint density at radius 1 is 1.41 bits per heavy atom. The maximum atomic E-state index is 14.1. The van der Waals surface area contributed by atoms with Gasteiger partial charge < -0.3 is 0 Å². The summed E-state index contributed by atoms with van der Waals surface area (Å²) in [6.07, 6.45) is 1.58. The van der Waals surface area contributed by atoms with E-state index in [1.165, 1.54) is 29.2 Å². The number of rotatable bonds is 5. The molecule has 5 nitrogen and oxygen atoms in total. The summed E-state index contributed by atoms with van der Waals surface area (Å²) in [7, 11) is 0. The first kappa shape index (κ1) is 18.6. The lowest BCUT2D eigenvalue weighted by atomic mass is 10.2. The normalized spacial score (nSPS) is 18.3. The van der Waals surface area contributed by atoms with Gasteiger partial charge in [0.05, 0.1) is 5.69 Å². The molecular weight excluding hydrogens is 407 g/mol. The van der Waals surface area contributed by atoms with Crippen LogP contribution >= 0.6 is 34.7 Å². The monoisotopic (exact) mass is 424 g/mol. The molecule has 4 rings (SSSR count). The van der Waals surface area contributed by atoms with Crippen molar-refractivity contribution in [3.63, 3.8) is 0 Å². The molecule has 0 spiro atoms. The first-order valence-electron chi connectivity index (χ1n) is 8.68. The van der Waals surface area contributed by atoms with E-state index in [0.29, 0.717) is 32.9 Å². The second-order valence-electron chi connectivity index (χ2n) is 6.24. The lowest BCUT2D eigenvalue weighted by molar-refractivity contribution is 0.0644. The van der Waals surface area contributed by atoms with E-state index >= 15 is 0 Å². The Balaban J connectivity index is 1.59. The van der Waals surface area contributed by atoms with Crippen molar-refractivity contribution in [1.29, 1.82) is 0 Å². The highest BCUT2D eigenvalue weighted by Gasteiger charge is 2.43. The third kappa shape index (κ3) is 3.30. The van der Waals surface area contributed by atoms with E-state index in [1.54, 1.807) is 12.1 Å². The highest BCUT2D eigenvalue weighted by atomic mass is 35.5. The Hall–Kier alpha value is -1.77. The molecule has 3 heterocycles. The van der Waals surface area contributed by atoms with Crippen molar-refractivity contribution in [2.75, 3.05) is 11.4 Å². The summed E-state index contributed by atoms with van der Waals surface area (Å²) in [6.45, 7) is 2.76. The van der Waals surface area contributed by atoms with Crippen LogP contribution in [0.15, 0.2) is 34.7 Å². The molecule has 9 heteroatoms. The summed E-state index contributed by atoms with van der Waals surface area (Å²) >= 11 is 8.98. The molecule has 0 saturated carbocycles. The molecule has 0 aliphatic carbocycles. The molecule has 142 valence electrons. The fourth-order valence-corrected chi connectivity index (χ4v) is 5.30. The molecule has 1 aromatic carbocycles. The van der Waals surface area contributed by atoms with E-state index in [9.17, 15) is 9.18 Å². The van der Waals surface area contributed by atoms with Gasteiger partial charge in [-0.1, -0.05) is 42.8 Å². The van der Waals surface area contributed by atoms with E-state index < -0.39 is 0 Å². The number of hydrazone groups is 1. The number of thioether (sulfide) groups is 1. The maximum absolute atomic E-state index is 14.1. The fraction of sp³-hybridized carbons (Fsp3) is 0.333. The molecule has 2 aromatic rings. The minimum Gasteiger partial charge on any atom is -0.298 e. The lowest BCUT2D eigenvalue weighted by Crippen LogP contribution is -2.58. The smallest absolute Gasteiger partial charge is 0.269 e. The number of carbonyl (C=O) groups excluding carboxylic acids is 1. The largest absolute Gasteiger partial charge is 0.298 e. The van der Waals surface area contributed by atoms with Gasteiger partial charge in [0, 0.05) is 22.9 Å². The van der Waals surface area contributed by atoms with E-state index in [-0.39, 0.29) is 18.0 Å². The number of amides is 1. The molecule has 1 atom stereocenters. The standard InChI is InChI=1S/C18H18ClFN4OS2/c1-2-3-8-23-16(25)15-14(7-9-26-15)24-17(23)21-22-18(24)27-10-11-12(19)5-4-6-13(11)20/h4-7,9,17,21H,2-3,8,10H2,1H3. The van der Waals surface area contributed by atoms with Gasteiger partial charge in [0.1, 0.15) is 10.7 Å². The molecule has 0 radical (unpaired) electrons. The number of unbranched alkanes of at least 4 members (excludes halogenated alkanes) is 1. The number of carbonyl (C=O) groups is 1. The van der Waals surface area contributed by atoms with Gasteiger partial charge in [-0.3, -0.25) is 20.0 Å². The van der Waals surface area contributed by atoms with E-state index in [1.807, 2.05) is 21.2 Å². The summed E-state index contributed by atoms with van der Waals surface area (Å²) < 4.78 is 14.1. The van der Waals surface area contributed by atoms with Gasteiger partial charge in [0.2, 0.25) is 6.29 Å². The van der Waals surface area contributed by atoms with Gasteiger partial charge in [0.25, 0.3) is 5.91 Å². The van der Waals surface area contributed by atoms with Crippen molar-refractivity contribution in [2.45, 2.75) is 31.8 Å². The number of nitrogens with one attached hydrogen (secondary N) is 1. The Morgan fingerprint density at radius 2 is 2.26 bits per heavy atom. The number of fused-ring (bicyclic) bond motifs is 3. The molecular formula is C18H18ClFN4OS2. The summed E-state index contributed by atoms with van der Waals surface area (Å²) in [5.74, 6) is 0.0611. The van der Waals surface area contributed by atoms with Crippen LogP contribution < -0.4 is 10.3 Å². The zero-order valence-electron chi connectivity index (χ0n) is 14.6. The van der Waals surface area contributed by atoms with Crippen LogP contribution in [0.2, 0.25) is 5.02 Å². The van der Waals surface area contributed by atoms with Crippen molar-refractivity contribution in [3.8, 4) is 0 Å². The van der Waals surface area contributed by atoms with Gasteiger partial charge in [0.15, 0.2) is 5.17 Å². The van der Waals surface area contributed by atoms with Crippen molar-refractivity contribution < 1.29 is 9.18 Å². The molecule has 0 bridgehead atoms. The molecule has 2 aliphatic rings. The zero-order chi connectivity index (χ0) is 19.0. The van der Waals surface area contributed by atoms with Gasteiger partial charge in [-0.15, -0.1) is 11.3 Å². The number of nitrogens with zero attached hydrogens (tertiary/aromatic N) is 3. The predicted octanol–water partition coefficient (Wildman–Crippen LogP) is 4.69. The maximum Gasteiger partial charge on any atom is 0.269 e. The number of hydrogen-bond acceptors (Lipinski definition) is 6. The summed E-state index contributed by atoms with van der Waals surface area (Å²) in [5.41, 5.74) is 4.37. The Labute approximate surface area is 170 Å². The molecule has 0 saturated heterocycles. The van der Waals surface area contributed by atoms with Crippen molar-refractivity contribution in [1.82, 2.24) is 10.3 Å². The van der Waals surface area contributed by atoms with Crippen LogP contribution in [0.1, 0.15) is 35.0 Å². The number of anilines is 1. The minimum atomic E-state index is -0.343. The predicted molar refractivity (Wildman–Crippen MR) is 110 cm³/mol. The molecule has 2 aliphatic heterocycles. The number of halogens is 2. The van der Waals surface area contributed by atoms with Crippen molar-refractivity contribution in [3.05, 3.63) is 50.9 Å². The quantitative estimate of drug-likeness (QED) is 0.756. The third-order valence-electron chi connectivity index (χ3n) is 4.54. The van der Waals surface area contributed by atoms with Crippen LogP contribution in [0.25, 0.3) is 0 Å². The summed E-state index contributed by atoms with van der Waals surface area (Å²) in [6, 6.07) is 6.61. The van der Waals surface area contributed by atoms with E-state index in [2.05, 4.69) is 17.5 Å². The van der Waals surface area contributed by atoms with E-state index in [4.69, 9.17) is 11.6 Å². The van der Waals surface area contributed by atoms with Crippen LogP contribution in [0.3, 0.4) is 0 Å². The van der Waals surface area contributed by atoms with Crippen molar-refractivity contribution >= 4 is 51.5 Å². The molecule has 0 fully saturated rings. The second-order valence-corrected chi connectivity index (χ2v) is 8.51. The van der Waals surface area contributed by atoms with Crippen LogP contribution in [0.4, 0.5) is 10.1 Å². The first-order chi connectivity index (χ1) is 13.1. The fourth-order valence-electron chi connectivity index (χ4n) is 3.13. The van der Waals surface area contributed by atoms with Gasteiger partial charge in [-0.05, 0) is 30.0 Å².